The number of para-hydroxylation sites is 1. The average Bonchev–Trinajstić information content (AvgIpc) is 3.37. The molecule has 42 heavy (non-hydrogen) atoms. The number of hydrogen-bond acceptors (Lipinski definition) is 7. The van der Waals surface area contributed by atoms with Crippen molar-refractivity contribution in [1.82, 2.24) is 15.5 Å². The van der Waals surface area contributed by atoms with E-state index in [1.54, 1.807) is 23.1 Å². The molecule has 0 spiro atoms. The normalized spacial score (nSPS) is 28.7. The van der Waals surface area contributed by atoms with Gasteiger partial charge in [0.15, 0.2) is 11.9 Å². The third-order valence-corrected chi connectivity index (χ3v) is 9.46. The zero-order valence-corrected chi connectivity index (χ0v) is 25.3. The minimum atomic E-state index is -1.06. The van der Waals surface area contributed by atoms with Crippen LogP contribution < -0.4 is 20.7 Å². The largest absolute Gasteiger partial charge is 0.477 e. The fourth-order valence-electron chi connectivity index (χ4n) is 6.54. The SMILES string of the molecule is CC(C)(C)C(NC(=O)[C@H]1CCOC1)C(=O)N1C[C@H]2[C@@H]([C@H]1C(=O)NC(C#N)C[C@@H]1Oc3c(Cl)cccc3NC1=O)C2(C)C. The van der Waals surface area contributed by atoms with Crippen molar-refractivity contribution < 1.29 is 28.7 Å². The number of amides is 4. The number of ether oxygens (including phenoxy) is 2. The molecule has 5 rings (SSSR count). The number of hydrogen-bond donors (Lipinski definition) is 3. The minimum Gasteiger partial charge on any atom is -0.477 e. The number of nitrogens with one attached hydrogen (secondary N) is 3. The molecule has 3 heterocycles. The number of halogens is 1. The van der Waals surface area contributed by atoms with Gasteiger partial charge >= 0.3 is 0 Å². The Balaban J connectivity index is 1.31. The smallest absolute Gasteiger partial charge is 0.265 e. The highest BCUT2D eigenvalue weighted by molar-refractivity contribution is 6.32. The molecule has 3 N–H and O–H groups in total. The molecule has 0 radical (unpaired) electrons. The molecule has 1 aromatic carbocycles. The first-order valence-electron chi connectivity index (χ1n) is 14.4. The van der Waals surface area contributed by atoms with E-state index in [2.05, 4.69) is 35.9 Å². The Morgan fingerprint density at radius 2 is 1.98 bits per heavy atom. The van der Waals surface area contributed by atoms with Crippen molar-refractivity contribution in [1.29, 1.82) is 5.26 Å². The standard InChI is InChI=1S/C30H38ClN5O6/c1-29(2,3)24(35-25(37)15-9-10-41-14-15)28(40)36-13-17-21(30(17,4)5)22(36)27(39)33-16(12-32)11-20-26(38)34-19-8-6-7-18(31)23(19)42-20/h6-8,15-17,20-22,24H,9-11,13-14H2,1-5H3,(H,33,39)(H,34,38)(H,35,37)/t15-,16?,17-,20-,21-,22-,24?/m0/s1. The Morgan fingerprint density at radius 1 is 1.24 bits per heavy atom. The van der Waals surface area contributed by atoms with Gasteiger partial charge in [-0.15, -0.1) is 0 Å². The number of fused-ring (bicyclic) bond motifs is 2. The molecule has 4 amide bonds. The summed E-state index contributed by atoms with van der Waals surface area (Å²) in [6.45, 7) is 11.0. The van der Waals surface area contributed by atoms with Crippen LogP contribution in [0.15, 0.2) is 18.2 Å². The number of nitrogens with zero attached hydrogens (tertiary/aromatic N) is 2. The molecule has 3 aliphatic heterocycles. The molecular weight excluding hydrogens is 562 g/mol. The van der Waals surface area contributed by atoms with Crippen molar-refractivity contribution >= 4 is 40.9 Å². The summed E-state index contributed by atoms with van der Waals surface area (Å²) in [7, 11) is 0. The Hall–Kier alpha value is -3.36. The average molecular weight is 600 g/mol. The molecule has 0 bridgehead atoms. The Morgan fingerprint density at radius 3 is 2.62 bits per heavy atom. The van der Waals surface area contributed by atoms with Gasteiger partial charge in [-0.3, -0.25) is 19.2 Å². The van der Waals surface area contributed by atoms with Crippen molar-refractivity contribution in [3.8, 4) is 11.8 Å². The maximum absolute atomic E-state index is 14.0. The van der Waals surface area contributed by atoms with Gasteiger partial charge < -0.3 is 30.3 Å². The highest BCUT2D eigenvalue weighted by atomic mass is 35.5. The summed E-state index contributed by atoms with van der Waals surface area (Å²) >= 11 is 6.23. The predicted molar refractivity (Wildman–Crippen MR) is 153 cm³/mol. The Labute approximate surface area is 250 Å². The summed E-state index contributed by atoms with van der Waals surface area (Å²) in [5.41, 5.74) is -0.340. The predicted octanol–water partition coefficient (Wildman–Crippen LogP) is 2.49. The van der Waals surface area contributed by atoms with Crippen LogP contribution in [0.3, 0.4) is 0 Å². The number of carbonyl (C=O) groups excluding carboxylic acids is 4. The van der Waals surface area contributed by atoms with Crippen LogP contribution in [0.2, 0.25) is 5.02 Å². The molecule has 7 atom stereocenters. The van der Waals surface area contributed by atoms with Crippen LogP contribution >= 0.6 is 11.6 Å². The van der Waals surface area contributed by atoms with Crippen LogP contribution in [0.1, 0.15) is 47.5 Å². The number of anilines is 1. The highest BCUT2D eigenvalue weighted by Crippen LogP contribution is 2.65. The highest BCUT2D eigenvalue weighted by Gasteiger charge is 2.69. The van der Waals surface area contributed by atoms with E-state index in [4.69, 9.17) is 21.1 Å². The zero-order valence-electron chi connectivity index (χ0n) is 24.5. The van der Waals surface area contributed by atoms with Gasteiger partial charge in [0, 0.05) is 19.6 Å². The molecular formula is C30H38ClN5O6. The first kappa shape index (κ1) is 30.1. The van der Waals surface area contributed by atoms with Crippen LogP contribution in [0.4, 0.5) is 5.69 Å². The maximum Gasteiger partial charge on any atom is 0.265 e. The van der Waals surface area contributed by atoms with Crippen LogP contribution in [0.25, 0.3) is 0 Å². The van der Waals surface area contributed by atoms with Crippen LogP contribution in [-0.4, -0.2) is 72.5 Å². The quantitative estimate of drug-likeness (QED) is 0.436. The fourth-order valence-corrected chi connectivity index (χ4v) is 6.75. The van der Waals surface area contributed by atoms with Crippen LogP contribution in [0, 0.1) is 39.9 Å². The minimum absolute atomic E-state index is 0.0970. The van der Waals surface area contributed by atoms with Gasteiger partial charge in [-0.05, 0) is 41.2 Å². The number of benzene rings is 1. The van der Waals surface area contributed by atoms with E-state index in [0.717, 1.165) is 0 Å². The van der Waals surface area contributed by atoms with Gasteiger partial charge in [-0.1, -0.05) is 52.3 Å². The first-order chi connectivity index (χ1) is 19.7. The molecule has 226 valence electrons. The maximum atomic E-state index is 14.0. The van der Waals surface area contributed by atoms with Crippen molar-refractivity contribution in [3.05, 3.63) is 23.2 Å². The van der Waals surface area contributed by atoms with E-state index < -0.39 is 41.5 Å². The van der Waals surface area contributed by atoms with Gasteiger partial charge in [0.2, 0.25) is 17.7 Å². The monoisotopic (exact) mass is 599 g/mol. The van der Waals surface area contributed by atoms with Gasteiger partial charge in [0.1, 0.15) is 18.1 Å². The number of rotatable bonds is 7. The van der Waals surface area contributed by atoms with Gasteiger partial charge in [0.05, 0.1) is 29.3 Å². The van der Waals surface area contributed by atoms with E-state index in [-0.39, 0.29) is 41.4 Å². The number of carbonyl (C=O) groups is 4. The van der Waals surface area contributed by atoms with Gasteiger partial charge in [-0.2, -0.15) is 5.26 Å². The molecule has 4 aliphatic rings. The number of likely N-dealkylation sites (tertiary alicyclic amines) is 1. The molecule has 1 saturated carbocycles. The van der Waals surface area contributed by atoms with Crippen molar-refractivity contribution in [3.63, 3.8) is 0 Å². The molecule has 1 aromatic rings. The van der Waals surface area contributed by atoms with E-state index in [1.165, 1.54) is 0 Å². The fraction of sp³-hybridized carbons (Fsp3) is 0.633. The van der Waals surface area contributed by atoms with Gasteiger partial charge in [0.25, 0.3) is 5.91 Å². The summed E-state index contributed by atoms with van der Waals surface area (Å²) < 4.78 is 11.2. The van der Waals surface area contributed by atoms with Crippen molar-refractivity contribution in [2.45, 2.75) is 71.7 Å². The molecule has 12 heteroatoms. The second-order valence-corrected chi connectivity index (χ2v) is 13.8. The Kier molecular flexibility index (Phi) is 7.92. The number of piperidine rings is 1. The first-order valence-corrected chi connectivity index (χ1v) is 14.8. The molecule has 0 aromatic heterocycles. The summed E-state index contributed by atoms with van der Waals surface area (Å²) in [6, 6.07) is 4.31. The lowest BCUT2D eigenvalue weighted by molar-refractivity contribution is -0.146. The van der Waals surface area contributed by atoms with Crippen LogP contribution in [-0.2, 0) is 23.9 Å². The lowest BCUT2D eigenvalue weighted by Gasteiger charge is -2.38. The second-order valence-electron chi connectivity index (χ2n) is 13.4. The third-order valence-electron chi connectivity index (χ3n) is 9.16. The van der Waals surface area contributed by atoms with Crippen molar-refractivity contribution in [2.75, 3.05) is 25.1 Å². The molecule has 11 nitrogen and oxygen atoms in total. The Bertz CT molecular complexity index is 1330. The summed E-state index contributed by atoms with van der Waals surface area (Å²) in [6.07, 6.45) is -0.560. The summed E-state index contributed by atoms with van der Waals surface area (Å²) in [5, 5.41) is 18.7. The summed E-state index contributed by atoms with van der Waals surface area (Å²) in [4.78, 5) is 55.1. The topological polar surface area (TPSA) is 150 Å². The molecule has 1 aliphatic carbocycles. The lowest BCUT2D eigenvalue weighted by atomic mass is 9.84. The molecule has 2 saturated heterocycles. The molecule has 3 fully saturated rings. The number of nitriles is 1. The zero-order chi connectivity index (χ0) is 30.6. The van der Waals surface area contributed by atoms with E-state index in [1.807, 2.05) is 20.8 Å². The summed E-state index contributed by atoms with van der Waals surface area (Å²) in [5.74, 6) is -1.46. The van der Waals surface area contributed by atoms with E-state index >= 15 is 0 Å². The second kappa shape index (κ2) is 11.0. The van der Waals surface area contributed by atoms with E-state index in [9.17, 15) is 24.4 Å². The third kappa shape index (κ3) is 5.54. The van der Waals surface area contributed by atoms with Crippen LogP contribution in [0.5, 0.6) is 5.75 Å². The van der Waals surface area contributed by atoms with Gasteiger partial charge in [-0.25, -0.2) is 0 Å². The van der Waals surface area contributed by atoms with Crippen molar-refractivity contribution in [2.24, 2.45) is 28.6 Å². The van der Waals surface area contributed by atoms with E-state index in [0.29, 0.717) is 42.6 Å². The molecule has 2 unspecified atom stereocenters. The lowest BCUT2D eigenvalue weighted by Crippen LogP contribution is -2.60.